The number of aromatic carboxylic acids is 1. The maximum Gasteiger partial charge on any atom is 0.346 e. The molecule has 0 aliphatic carbocycles. The van der Waals surface area contributed by atoms with Crippen LogP contribution in [-0.4, -0.2) is 38.3 Å². The molecule has 0 saturated heterocycles. The van der Waals surface area contributed by atoms with E-state index >= 15 is 0 Å². The number of rotatable bonds is 6. The molecule has 3 aromatic rings. The highest BCUT2D eigenvalue weighted by Crippen LogP contribution is 2.53. The van der Waals surface area contributed by atoms with Gasteiger partial charge in [0.15, 0.2) is 11.5 Å². The van der Waals surface area contributed by atoms with E-state index in [4.69, 9.17) is 14.2 Å². The van der Waals surface area contributed by atoms with E-state index in [2.05, 4.69) is 5.32 Å². The number of benzene rings is 2. The Hall–Kier alpha value is -3.59. The highest BCUT2D eigenvalue weighted by molar-refractivity contribution is 7.15. The number of nitrogens with one attached hydrogen (secondary N) is 1. The summed E-state index contributed by atoms with van der Waals surface area (Å²) in [6.45, 7) is 0. The smallest absolute Gasteiger partial charge is 0.346 e. The van der Waals surface area contributed by atoms with Crippen LogP contribution < -0.4 is 19.5 Å². The predicted octanol–water partition coefficient (Wildman–Crippen LogP) is 4.75. The first kappa shape index (κ1) is 21.6. The molecular weight excluding hydrogens is 437 g/mol. The summed E-state index contributed by atoms with van der Waals surface area (Å²) in [5.41, 5.74) is 1.94. The van der Waals surface area contributed by atoms with Gasteiger partial charge in [0.05, 0.1) is 27.0 Å². The fourth-order valence-corrected chi connectivity index (χ4v) is 5.22. The summed E-state index contributed by atoms with van der Waals surface area (Å²) in [5, 5.41) is 12.7. The lowest BCUT2D eigenvalue weighted by Gasteiger charge is -2.26. The summed E-state index contributed by atoms with van der Waals surface area (Å²) in [6.07, 6.45) is 0.0985. The van der Waals surface area contributed by atoms with Gasteiger partial charge in [0.1, 0.15) is 10.7 Å². The normalized spacial score (nSPS) is 15.0. The second-order valence-corrected chi connectivity index (χ2v) is 8.14. The van der Waals surface area contributed by atoms with Crippen molar-refractivity contribution >= 4 is 28.9 Å². The number of methoxy groups -OCH3 is 3. The minimum atomic E-state index is -1.13. The fourth-order valence-electron chi connectivity index (χ4n) is 3.98. The van der Waals surface area contributed by atoms with Crippen molar-refractivity contribution in [1.29, 1.82) is 0 Å². The molecule has 0 fully saturated rings. The molecule has 1 aliphatic rings. The lowest BCUT2D eigenvalue weighted by atomic mass is 9.87. The van der Waals surface area contributed by atoms with Crippen molar-refractivity contribution in [3.05, 3.63) is 57.5 Å². The minimum Gasteiger partial charge on any atom is -0.493 e. The number of ether oxygens (including phenoxy) is 3. The molecule has 9 heteroatoms. The van der Waals surface area contributed by atoms with Gasteiger partial charge in [0.25, 0.3) is 0 Å². The number of hydrogen-bond acceptors (Lipinski definition) is 6. The number of fused-ring (bicyclic) bond motifs is 1. The Labute approximate surface area is 187 Å². The average molecular weight is 457 g/mol. The van der Waals surface area contributed by atoms with Crippen LogP contribution in [0.4, 0.5) is 10.1 Å². The summed E-state index contributed by atoms with van der Waals surface area (Å²) in [5.74, 6) is -1.04. The molecule has 1 unspecified atom stereocenters. The molecule has 0 bridgehead atoms. The minimum absolute atomic E-state index is 0.0632. The molecular formula is C23H20FNO6S. The highest BCUT2D eigenvalue weighted by Gasteiger charge is 2.36. The molecule has 2 aromatic carbocycles. The third-order valence-electron chi connectivity index (χ3n) is 5.34. The van der Waals surface area contributed by atoms with Crippen molar-refractivity contribution in [2.24, 2.45) is 0 Å². The highest BCUT2D eigenvalue weighted by atomic mass is 32.1. The summed E-state index contributed by atoms with van der Waals surface area (Å²) < 4.78 is 29.9. The second kappa shape index (κ2) is 8.51. The summed E-state index contributed by atoms with van der Waals surface area (Å²) in [6, 6.07) is 9.00. The molecule has 1 aliphatic heterocycles. The first-order valence-electron chi connectivity index (χ1n) is 9.64. The molecule has 0 saturated carbocycles. The molecule has 2 N–H and O–H groups in total. The second-order valence-electron chi connectivity index (χ2n) is 7.09. The maximum atomic E-state index is 13.5. The van der Waals surface area contributed by atoms with Gasteiger partial charge in [-0.1, -0.05) is 18.2 Å². The van der Waals surface area contributed by atoms with Gasteiger partial charge in [0, 0.05) is 28.3 Å². The third kappa shape index (κ3) is 3.54. The Morgan fingerprint density at radius 1 is 1.06 bits per heavy atom. The van der Waals surface area contributed by atoms with Crippen LogP contribution in [0.5, 0.6) is 17.2 Å². The van der Waals surface area contributed by atoms with Crippen LogP contribution in [0.15, 0.2) is 36.4 Å². The molecule has 0 spiro atoms. The van der Waals surface area contributed by atoms with Gasteiger partial charge in [-0.15, -0.1) is 11.3 Å². The molecule has 4 rings (SSSR count). The van der Waals surface area contributed by atoms with Crippen molar-refractivity contribution in [1.82, 2.24) is 0 Å². The fraction of sp³-hybridized carbons (Fsp3) is 0.217. The van der Waals surface area contributed by atoms with E-state index < -0.39 is 17.7 Å². The zero-order valence-corrected chi connectivity index (χ0v) is 18.3. The number of thiophene rings is 1. The Bertz CT molecular complexity index is 1200. The van der Waals surface area contributed by atoms with Gasteiger partial charge < -0.3 is 24.6 Å². The van der Waals surface area contributed by atoms with E-state index in [1.54, 1.807) is 12.1 Å². The van der Waals surface area contributed by atoms with Gasteiger partial charge in [0.2, 0.25) is 11.7 Å². The van der Waals surface area contributed by atoms with Crippen molar-refractivity contribution in [2.75, 3.05) is 26.6 Å². The molecule has 0 radical (unpaired) electrons. The van der Waals surface area contributed by atoms with Crippen LogP contribution in [0.1, 0.15) is 32.5 Å². The summed E-state index contributed by atoms with van der Waals surface area (Å²) in [7, 11) is 4.49. The standard InChI is InChI=1S/C23H20FNO6S/c1-29-15-9-8-13(19(30-2)20(15)31-3)14-10-16(26)25-18-17(11-4-6-12(24)7-5-11)22(23(27)28)32-21(14)18/h4-9,14H,10H2,1-3H3,(H,25,26)(H,27,28). The molecule has 1 amide bonds. The van der Waals surface area contributed by atoms with Crippen molar-refractivity contribution in [3.63, 3.8) is 0 Å². The molecule has 7 nitrogen and oxygen atoms in total. The van der Waals surface area contributed by atoms with Gasteiger partial charge in [-0.05, 0) is 23.8 Å². The van der Waals surface area contributed by atoms with Gasteiger partial charge in [-0.3, -0.25) is 4.79 Å². The Balaban J connectivity index is 1.96. The van der Waals surface area contributed by atoms with E-state index in [0.717, 1.165) is 11.3 Å². The van der Waals surface area contributed by atoms with E-state index in [1.807, 2.05) is 0 Å². The first-order chi connectivity index (χ1) is 15.4. The van der Waals surface area contributed by atoms with E-state index in [0.29, 0.717) is 44.5 Å². The number of carbonyl (C=O) groups is 2. The molecule has 1 atom stereocenters. The van der Waals surface area contributed by atoms with Crippen LogP contribution in [0.3, 0.4) is 0 Å². The van der Waals surface area contributed by atoms with Crippen LogP contribution >= 0.6 is 11.3 Å². The van der Waals surface area contributed by atoms with E-state index in [1.165, 1.54) is 45.6 Å². The number of carboxylic acids is 1. The van der Waals surface area contributed by atoms with Crippen LogP contribution in [0.2, 0.25) is 0 Å². The number of halogens is 1. The lowest BCUT2D eigenvalue weighted by Crippen LogP contribution is -2.23. The monoisotopic (exact) mass is 457 g/mol. The number of amides is 1. The number of carbonyl (C=O) groups excluding carboxylic acids is 1. The number of hydrogen-bond donors (Lipinski definition) is 2. The van der Waals surface area contributed by atoms with Gasteiger partial charge in [-0.2, -0.15) is 0 Å². The SMILES string of the molecule is COc1ccc(C2CC(=O)Nc3c2sc(C(=O)O)c3-c2ccc(F)cc2)c(OC)c1OC. The lowest BCUT2D eigenvalue weighted by molar-refractivity contribution is -0.116. The predicted molar refractivity (Wildman–Crippen MR) is 118 cm³/mol. The van der Waals surface area contributed by atoms with E-state index in [9.17, 15) is 19.1 Å². The largest absolute Gasteiger partial charge is 0.493 e. The maximum absolute atomic E-state index is 13.5. The van der Waals surface area contributed by atoms with Crippen molar-refractivity contribution < 1.29 is 33.3 Å². The number of anilines is 1. The Morgan fingerprint density at radius 2 is 1.75 bits per heavy atom. The molecule has 1 aromatic heterocycles. The van der Waals surface area contributed by atoms with Crippen LogP contribution in [0.25, 0.3) is 11.1 Å². The Kier molecular flexibility index (Phi) is 5.75. The molecule has 32 heavy (non-hydrogen) atoms. The average Bonchev–Trinajstić information content (AvgIpc) is 3.17. The summed E-state index contributed by atoms with van der Waals surface area (Å²) >= 11 is 1.08. The number of carboxylic acid groups (broad SMARTS) is 1. The topological polar surface area (TPSA) is 94.1 Å². The van der Waals surface area contributed by atoms with Crippen LogP contribution in [0, 0.1) is 5.82 Å². The first-order valence-corrected chi connectivity index (χ1v) is 10.5. The molecule has 2 heterocycles. The third-order valence-corrected chi connectivity index (χ3v) is 6.63. The van der Waals surface area contributed by atoms with Gasteiger partial charge >= 0.3 is 5.97 Å². The van der Waals surface area contributed by atoms with Gasteiger partial charge in [-0.25, -0.2) is 9.18 Å². The Morgan fingerprint density at radius 3 is 2.34 bits per heavy atom. The van der Waals surface area contributed by atoms with Crippen molar-refractivity contribution in [3.8, 4) is 28.4 Å². The van der Waals surface area contributed by atoms with E-state index in [-0.39, 0.29) is 17.2 Å². The zero-order chi connectivity index (χ0) is 23.0. The summed E-state index contributed by atoms with van der Waals surface area (Å²) in [4.78, 5) is 25.5. The van der Waals surface area contributed by atoms with Crippen molar-refractivity contribution in [2.45, 2.75) is 12.3 Å². The quantitative estimate of drug-likeness (QED) is 0.555. The zero-order valence-electron chi connectivity index (χ0n) is 17.5. The molecule has 166 valence electrons. The van der Waals surface area contributed by atoms with Crippen LogP contribution in [-0.2, 0) is 4.79 Å².